The summed E-state index contributed by atoms with van der Waals surface area (Å²) in [5.74, 6) is 0.0884. The summed E-state index contributed by atoms with van der Waals surface area (Å²) in [6, 6.07) is 24.9. The number of rotatable bonds is 6. The highest BCUT2D eigenvalue weighted by Gasteiger charge is 2.28. The topological polar surface area (TPSA) is 77.5 Å². The number of aryl methyl sites for hydroxylation is 1. The smallest absolute Gasteiger partial charge is 0.339 e. The Kier molecular flexibility index (Phi) is 6.44. The van der Waals surface area contributed by atoms with Gasteiger partial charge in [-0.05, 0) is 66.6 Å². The van der Waals surface area contributed by atoms with Gasteiger partial charge in [0.2, 0.25) is 0 Å². The molecule has 176 valence electrons. The van der Waals surface area contributed by atoms with E-state index in [9.17, 15) is 9.59 Å². The Balaban J connectivity index is 1.38. The minimum absolute atomic E-state index is 0.302. The number of esters is 1. The molecule has 0 aliphatic heterocycles. The Hall–Kier alpha value is -4.19. The SMILES string of the molecule is COc1ccc(NC(=O)COC(=O)c2c3c(nc4ccccc24)CCC(c2ccccc2)C3)cc1. The fourth-order valence-electron chi connectivity index (χ4n) is 4.71. The van der Waals surface area contributed by atoms with Gasteiger partial charge in [-0.25, -0.2) is 4.79 Å². The summed E-state index contributed by atoms with van der Waals surface area (Å²) in [4.78, 5) is 30.7. The summed E-state index contributed by atoms with van der Waals surface area (Å²) in [5.41, 5.74) is 4.99. The number of hydrogen-bond acceptors (Lipinski definition) is 5. The van der Waals surface area contributed by atoms with Crippen LogP contribution in [0.15, 0.2) is 78.9 Å². The number of fused-ring (bicyclic) bond motifs is 2. The van der Waals surface area contributed by atoms with E-state index in [0.29, 0.717) is 29.3 Å². The Morgan fingerprint density at radius 2 is 1.71 bits per heavy atom. The van der Waals surface area contributed by atoms with Crippen molar-refractivity contribution < 1.29 is 19.1 Å². The van der Waals surface area contributed by atoms with Crippen LogP contribution in [0.4, 0.5) is 5.69 Å². The lowest BCUT2D eigenvalue weighted by molar-refractivity contribution is -0.119. The molecule has 3 aromatic carbocycles. The van der Waals surface area contributed by atoms with Gasteiger partial charge in [-0.15, -0.1) is 0 Å². The number of anilines is 1. The van der Waals surface area contributed by atoms with Gasteiger partial charge in [0.15, 0.2) is 6.61 Å². The van der Waals surface area contributed by atoms with Crippen LogP contribution in [0, 0.1) is 0 Å². The van der Waals surface area contributed by atoms with Crippen molar-refractivity contribution in [2.75, 3.05) is 19.0 Å². The normalized spacial score (nSPS) is 14.7. The molecule has 1 amide bonds. The third-order valence-electron chi connectivity index (χ3n) is 6.44. The molecule has 5 rings (SSSR count). The Labute approximate surface area is 203 Å². The molecule has 1 atom stereocenters. The summed E-state index contributed by atoms with van der Waals surface area (Å²) in [6.45, 7) is -0.377. The molecular formula is C29H26N2O4. The highest BCUT2D eigenvalue weighted by atomic mass is 16.5. The molecule has 1 unspecified atom stereocenters. The molecule has 1 aliphatic carbocycles. The standard InChI is InChI=1S/C29H26N2O4/c1-34-22-14-12-21(13-15-22)30-27(32)18-35-29(33)28-23-9-5-6-10-25(23)31-26-16-11-20(17-24(26)28)19-7-3-2-4-8-19/h2-10,12-15,20H,11,16-18H2,1H3,(H,30,32). The molecule has 4 aromatic rings. The van der Waals surface area contributed by atoms with Crippen molar-refractivity contribution in [3.05, 3.63) is 101 Å². The number of para-hydroxylation sites is 1. The largest absolute Gasteiger partial charge is 0.497 e. The van der Waals surface area contributed by atoms with Crippen molar-refractivity contribution in [1.82, 2.24) is 4.98 Å². The number of aromatic nitrogens is 1. The molecule has 6 nitrogen and oxygen atoms in total. The second-order valence-electron chi connectivity index (χ2n) is 8.63. The second kappa shape index (κ2) is 9.97. The molecule has 0 saturated heterocycles. The zero-order chi connectivity index (χ0) is 24.2. The van der Waals surface area contributed by atoms with Crippen molar-refractivity contribution in [2.45, 2.75) is 25.2 Å². The first-order chi connectivity index (χ1) is 17.1. The summed E-state index contributed by atoms with van der Waals surface area (Å²) in [5, 5.41) is 3.49. The van der Waals surface area contributed by atoms with Gasteiger partial charge in [-0.3, -0.25) is 9.78 Å². The molecule has 0 saturated carbocycles. The molecule has 0 spiro atoms. The van der Waals surface area contributed by atoms with E-state index in [1.165, 1.54) is 5.56 Å². The summed E-state index contributed by atoms with van der Waals surface area (Å²) >= 11 is 0. The van der Waals surface area contributed by atoms with E-state index in [0.717, 1.165) is 35.0 Å². The number of ether oxygens (including phenoxy) is 2. The van der Waals surface area contributed by atoms with E-state index >= 15 is 0 Å². The van der Waals surface area contributed by atoms with Gasteiger partial charge < -0.3 is 14.8 Å². The van der Waals surface area contributed by atoms with Crippen molar-refractivity contribution in [2.24, 2.45) is 0 Å². The van der Waals surface area contributed by atoms with Crippen LogP contribution in [0.1, 0.15) is 39.5 Å². The van der Waals surface area contributed by atoms with E-state index in [2.05, 4.69) is 17.4 Å². The molecule has 0 fully saturated rings. The first-order valence-electron chi connectivity index (χ1n) is 11.7. The second-order valence-corrected chi connectivity index (χ2v) is 8.63. The fraction of sp³-hybridized carbons (Fsp3) is 0.207. The average molecular weight is 467 g/mol. The number of nitrogens with one attached hydrogen (secondary N) is 1. The minimum atomic E-state index is -0.501. The lowest BCUT2D eigenvalue weighted by atomic mass is 9.80. The predicted octanol–water partition coefficient (Wildman–Crippen LogP) is 5.31. The maximum Gasteiger partial charge on any atom is 0.339 e. The van der Waals surface area contributed by atoms with Crippen molar-refractivity contribution >= 4 is 28.5 Å². The highest BCUT2D eigenvalue weighted by molar-refractivity contribution is 6.06. The Bertz CT molecular complexity index is 1370. The number of carbonyl (C=O) groups excluding carboxylic acids is 2. The molecule has 35 heavy (non-hydrogen) atoms. The molecule has 1 heterocycles. The van der Waals surface area contributed by atoms with Gasteiger partial charge in [0.25, 0.3) is 5.91 Å². The van der Waals surface area contributed by atoms with Crippen LogP contribution >= 0.6 is 0 Å². The van der Waals surface area contributed by atoms with Crippen LogP contribution in [0.25, 0.3) is 10.9 Å². The Morgan fingerprint density at radius 3 is 2.49 bits per heavy atom. The van der Waals surface area contributed by atoms with Gasteiger partial charge in [0.05, 0.1) is 18.2 Å². The highest BCUT2D eigenvalue weighted by Crippen LogP contribution is 2.36. The lowest BCUT2D eigenvalue weighted by Crippen LogP contribution is -2.23. The number of hydrogen-bond donors (Lipinski definition) is 1. The lowest BCUT2D eigenvalue weighted by Gasteiger charge is -2.26. The van der Waals surface area contributed by atoms with E-state index in [1.54, 1.807) is 31.4 Å². The maximum absolute atomic E-state index is 13.4. The van der Waals surface area contributed by atoms with Gasteiger partial charge in [-0.1, -0.05) is 48.5 Å². The van der Waals surface area contributed by atoms with Gasteiger partial charge in [0, 0.05) is 16.8 Å². The zero-order valence-electron chi connectivity index (χ0n) is 19.5. The van der Waals surface area contributed by atoms with Crippen LogP contribution in [0.5, 0.6) is 5.75 Å². The van der Waals surface area contributed by atoms with E-state index in [-0.39, 0.29) is 6.61 Å². The van der Waals surface area contributed by atoms with Crippen molar-refractivity contribution in [3.8, 4) is 5.75 Å². The third-order valence-corrected chi connectivity index (χ3v) is 6.44. The van der Waals surface area contributed by atoms with Gasteiger partial charge >= 0.3 is 5.97 Å². The number of carbonyl (C=O) groups is 2. The number of amides is 1. The van der Waals surface area contributed by atoms with Crippen LogP contribution in [0.3, 0.4) is 0 Å². The summed E-state index contributed by atoms with van der Waals surface area (Å²) in [6.07, 6.45) is 2.47. The monoisotopic (exact) mass is 466 g/mol. The molecular weight excluding hydrogens is 440 g/mol. The van der Waals surface area contributed by atoms with Crippen molar-refractivity contribution in [1.29, 1.82) is 0 Å². The molecule has 6 heteroatoms. The number of methoxy groups -OCH3 is 1. The molecule has 0 radical (unpaired) electrons. The Morgan fingerprint density at radius 1 is 0.971 bits per heavy atom. The number of nitrogens with zero attached hydrogens (tertiary/aromatic N) is 1. The number of pyridine rings is 1. The molecule has 1 aliphatic rings. The zero-order valence-corrected chi connectivity index (χ0v) is 19.5. The summed E-state index contributed by atoms with van der Waals surface area (Å²) < 4.78 is 10.6. The first-order valence-corrected chi connectivity index (χ1v) is 11.7. The third kappa shape index (κ3) is 4.87. The van der Waals surface area contributed by atoms with E-state index < -0.39 is 11.9 Å². The van der Waals surface area contributed by atoms with Crippen LogP contribution in [0.2, 0.25) is 0 Å². The minimum Gasteiger partial charge on any atom is -0.497 e. The van der Waals surface area contributed by atoms with Crippen LogP contribution in [-0.2, 0) is 22.4 Å². The molecule has 1 aromatic heterocycles. The molecule has 0 bridgehead atoms. The van der Waals surface area contributed by atoms with Crippen molar-refractivity contribution in [3.63, 3.8) is 0 Å². The quantitative estimate of drug-likeness (QED) is 0.390. The van der Waals surface area contributed by atoms with Gasteiger partial charge in [0.1, 0.15) is 5.75 Å². The van der Waals surface area contributed by atoms with E-state index in [1.807, 2.05) is 42.5 Å². The van der Waals surface area contributed by atoms with E-state index in [4.69, 9.17) is 14.5 Å². The maximum atomic E-state index is 13.4. The first kappa shape index (κ1) is 22.6. The van der Waals surface area contributed by atoms with Crippen LogP contribution in [-0.4, -0.2) is 30.6 Å². The average Bonchev–Trinajstić information content (AvgIpc) is 2.91. The number of benzene rings is 3. The molecule has 1 N–H and O–H groups in total. The predicted molar refractivity (Wildman–Crippen MR) is 135 cm³/mol. The van der Waals surface area contributed by atoms with Gasteiger partial charge in [-0.2, -0.15) is 0 Å². The van der Waals surface area contributed by atoms with Crippen LogP contribution < -0.4 is 10.1 Å². The fourth-order valence-corrected chi connectivity index (χ4v) is 4.71. The summed E-state index contributed by atoms with van der Waals surface area (Å²) in [7, 11) is 1.58.